The highest BCUT2D eigenvalue weighted by atomic mass is 35.5. The molecule has 0 fully saturated rings. The Morgan fingerprint density at radius 1 is 1.14 bits per heavy atom. The maximum absolute atomic E-state index is 12.4. The summed E-state index contributed by atoms with van der Waals surface area (Å²) in [4.78, 5) is 24.8. The topological polar surface area (TPSA) is 85.9 Å². The van der Waals surface area contributed by atoms with Gasteiger partial charge < -0.3 is 14.2 Å². The van der Waals surface area contributed by atoms with Gasteiger partial charge in [-0.3, -0.25) is 20.4 Å². The maximum Gasteiger partial charge on any atom is 0.269 e. The molecule has 2 N–H and O–H groups in total. The van der Waals surface area contributed by atoms with Gasteiger partial charge in [0, 0.05) is 10.6 Å². The largest absolute Gasteiger partial charge is 0.493 e. The van der Waals surface area contributed by atoms with Gasteiger partial charge in [-0.2, -0.15) is 0 Å². The second-order valence-corrected chi connectivity index (χ2v) is 7.38. The van der Waals surface area contributed by atoms with Gasteiger partial charge in [-0.25, -0.2) is 0 Å². The Hall–Kier alpha value is -2.93. The van der Waals surface area contributed by atoms with Crippen molar-refractivity contribution >= 4 is 23.4 Å². The highest BCUT2D eigenvalue weighted by molar-refractivity contribution is 6.30. The Bertz CT molecular complexity index is 916. The van der Waals surface area contributed by atoms with E-state index in [1.807, 2.05) is 13.8 Å². The molecule has 154 valence electrons. The van der Waals surface area contributed by atoms with Crippen molar-refractivity contribution in [3.63, 3.8) is 0 Å². The summed E-state index contributed by atoms with van der Waals surface area (Å²) >= 11 is 6.01. The van der Waals surface area contributed by atoms with Crippen LogP contribution in [0.5, 0.6) is 17.2 Å². The van der Waals surface area contributed by atoms with E-state index in [2.05, 4.69) is 10.9 Å². The first-order chi connectivity index (χ1) is 13.9. The Balaban J connectivity index is 1.60. The number of amides is 2. The van der Waals surface area contributed by atoms with Crippen LogP contribution in [0.3, 0.4) is 0 Å². The number of carbonyl (C=O) groups is 2. The van der Waals surface area contributed by atoms with Crippen LogP contribution >= 0.6 is 11.6 Å². The summed E-state index contributed by atoms with van der Waals surface area (Å²) in [6, 6.07) is 10.1. The third-order valence-electron chi connectivity index (χ3n) is 4.39. The van der Waals surface area contributed by atoms with Gasteiger partial charge in [-0.1, -0.05) is 11.6 Å². The average molecular weight is 419 g/mol. The van der Waals surface area contributed by atoms with E-state index < -0.39 is 11.8 Å². The van der Waals surface area contributed by atoms with Crippen LogP contribution in [0.25, 0.3) is 0 Å². The number of benzene rings is 2. The van der Waals surface area contributed by atoms with Crippen LogP contribution in [0.15, 0.2) is 36.4 Å². The fourth-order valence-electron chi connectivity index (χ4n) is 2.98. The van der Waals surface area contributed by atoms with E-state index in [1.165, 1.54) is 7.11 Å². The molecule has 0 radical (unpaired) electrons. The molecule has 0 spiro atoms. The van der Waals surface area contributed by atoms with Crippen LogP contribution in [0.2, 0.25) is 5.02 Å². The SMILES string of the molecule is COc1cc(C(=O)NNC(=O)[C@@H]2COc3ccc(Cl)cc3C2)ccc1OC(C)C. The predicted octanol–water partition coefficient (Wildman–Crippen LogP) is 3.15. The molecule has 8 heteroatoms. The van der Waals surface area contributed by atoms with E-state index in [0.717, 1.165) is 11.3 Å². The molecule has 1 heterocycles. The average Bonchev–Trinajstić information content (AvgIpc) is 2.71. The van der Waals surface area contributed by atoms with Crippen LogP contribution in [-0.4, -0.2) is 31.6 Å². The molecule has 2 aromatic rings. The van der Waals surface area contributed by atoms with Gasteiger partial charge in [-0.15, -0.1) is 0 Å². The molecular formula is C21H23ClN2O5. The monoisotopic (exact) mass is 418 g/mol. The summed E-state index contributed by atoms with van der Waals surface area (Å²) in [7, 11) is 1.50. The molecule has 1 aliphatic rings. The van der Waals surface area contributed by atoms with Gasteiger partial charge >= 0.3 is 0 Å². The second kappa shape index (κ2) is 9.05. The number of hydrazine groups is 1. The summed E-state index contributed by atoms with van der Waals surface area (Å²) in [5.74, 6) is 0.464. The minimum atomic E-state index is -0.465. The Labute approximate surface area is 174 Å². The highest BCUT2D eigenvalue weighted by Gasteiger charge is 2.26. The lowest BCUT2D eigenvalue weighted by atomic mass is 9.96. The molecule has 0 saturated heterocycles. The van der Waals surface area contributed by atoms with Crippen LogP contribution < -0.4 is 25.1 Å². The molecule has 0 bridgehead atoms. The van der Waals surface area contributed by atoms with Gasteiger partial charge in [0.25, 0.3) is 5.91 Å². The molecule has 2 amide bonds. The third-order valence-corrected chi connectivity index (χ3v) is 4.62. The van der Waals surface area contributed by atoms with Crippen LogP contribution in [0, 0.1) is 5.92 Å². The van der Waals surface area contributed by atoms with Gasteiger partial charge in [-0.05, 0) is 62.2 Å². The lowest BCUT2D eigenvalue weighted by Gasteiger charge is -2.24. The first-order valence-electron chi connectivity index (χ1n) is 9.23. The Morgan fingerprint density at radius 3 is 2.66 bits per heavy atom. The van der Waals surface area contributed by atoms with E-state index in [-0.39, 0.29) is 18.6 Å². The molecule has 29 heavy (non-hydrogen) atoms. The van der Waals surface area contributed by atoms with Crippen molar-refractivity contribution in [1.82, 2.24) is 10.9 Å². The third kappa shape index (κ3) is 5.12. The molecule has 0 aromatic heterocycles. The fourth-order valence-corrected chi connectivity index (χ4v) is 3.18. The Morgan fingerprint density at radius 2 is 1.93 bits per heavy atom. The molecule has 2 aromatic carbocycles. The van der Waals surface area contributed by atoms with E-state index in [9.17, 15) is 9.59 Å². The van der Waals surface area contributed by atoms with Gasteiger partial charge in [0.15, 0.2) is 11.5 Å². The zero-order chi connectivity index (χ0) is 21.0. The zero-order valence-corrected chi connectivity index (χ0v) is 17.2. The predicted molar refractivity (Wildman–Crippen MR) is 109 cm³/mol. The number of methoxy groups -OCH3 is 1. The number of ether oxygens (including phenoxy) is 3. The summed E-state index contributed by atoms with van der Waals surface area (Å²) in [6.07, 6.45) is 0.452. The molecule has 0 aliphatic carbocycles. The Kier molecular flexibility index (Phi) is 6.49. The van der Waals surface area contributed by atoms with Crippen molar-refractivity contribution in [3.05, 3.63) is 52.5 Å². The molecule has 1 aliphatic heterocycles. The number of rotatable bonds is 5. The van der Waals surface area contributed by atoms with Crippen molar-refractivity contribution in [2.24, 2.45) is 5.92 Å². The number of nitrogens with one attached hydrogen (secondary N) is 2. The van der Waals surface area contributed by atoms with Crippen LogP contribution in [0.1, 0.15) is 29.8 Å². The van der Waals surface area contributed by atoms with Crippen molar-refractivity contribution in [2.45, 2.75) is 26.4 Å². The summed E-state index contributed by atoms with van der Waals surface area (Å²) in [6.45, 7) is 4.03. The van der Waals surface area contributed by atoms with Crippen LogP contribution in [0.4, 0.5) is 0 Å². The van der Waals surface area contributed by atoms with E-state index in [1.54, 1.807) is 36.4 Å². The lowest BCUT2D eigenvalue weighted by Crippen LogP contribution is -2.47. The van der Waals surface area contributed by atoms with Gasteiger partial charge in [0.2, 0.25) is 5.91 Å². The van der Waals surface area contributed by atoms with Crippen molar-refractivity contribution < 1.29 is 23.8 Å². The minimum absolute atomic E-state index is 0.0272. The molecule has 3 rings (SSSR count). The van der Waals surface area contributed by atoms with E-state index in [4.69, 9.17) is 25.8 Å². The summed E-state index contributed by atoms with van der Waals surface area (Å²) < 4.78 is 16.5. The maximum atomic E-state index is 12.4. The van der Waals surface area contributed by atoms with Gasteiger partial charge in [0.1, 0.15) is 12.4 Å². The summed E-state index contributed by atoms with van der Waals surface area (Å²) in [5.41, 5.74) is 6.07. The zero-order valence-electron chi connectivity index (χ0n) is 16.5. The first kappa shape index (κ1) is 20.8. The molecule has 0 unspecified atom stereocenters. The normalized spacial score (nSPS) is 15.1. The van der Waals surface area contributed by atoms with E-state index >= 15 is 0 Å². The fraction of sp³-hybridized carbons (Fsp3) is 0.333. The number of fused-ring (bicyclic) bond motifs is 1. The first-order valence-corrected chi connectivity index (χ1v) is 9.61. The lowest BCUT2D eigenvalue weighted by molar-refractivity contribution is -0.127. The smallest absolute Gasteiger partial charge is 0.269 e. The molecule has 1 atom stereocenters. The van der Waals surface area contributed by atoms with Crippen LogP contribution in [-0.2, 0) is 11.2 Å². The molecular weight excluding hydrogens is 396 g/mol. The van der Waals surface area contributed by atoms with Crippen molar-refractivity contribution in [3.8, 4) is 17.2 Å². The number of carbonyl (C=O) groups excluding carboxylic acids is 2. The second-order valence-electron chi connectivity index (χ2n) is 6.94. The molecule has 0 saturated carbocycles. The number of hydrogen-bond acceptors (Lipinski definition) is 5. The van der Waals surface area contributed by atoms with Gasteiger partial charge in [0.05, 0.1) is 19.1 Å². The van der Waals surface area contributed by atoms with E-state index in [0.29, 0.717) is 28.5 Å². The number of hydrogen-bond donors (Lipinski definition) is 2. The number of halogens is 1. The quantitative estimate of drug-likeness (QED) is 0.728. The highest BCUT2D eigenvalue weighted by Crippen LogP contribution is 2.30. The standard InChI is InChI=1S/C21H23ClN2O5/c1-12(2)29-18-6-4-13(10-19(18)27-3)20(25)23-24-21(26)15-8-14-9-16(22)5-7-17(14)28-11-15/h4-7,9-10,12,15H,8,11H2,1-3H3,(H,23,25)(H,24,26)/t15-/m0/s1. The molecule has 7 nitrogen and oxygen atoms in total. The van der Waals surface area contributed by atoms with Crippen molar-refractivity contribution in [1.29, 1.82) is 0 Å². The summed E-state index contributed by atoms with van der Waals surface area (Å²) in [5, 5.41) is 0.584. The van der Waals surface area contributed by atoms with Crippen molar-refractivity contribution in [2.75, 3.05) is 13.7 Å². The minimum Gasteiger partial charge on any atom is -0.493 e.